The minimum Gasteiger partial charge on any atom is -0.490 e. The summed E-state index contributed by atoms with van der Waals surface area (Å²) in [6.07, 6.45) is 0.0290. The van der Waals surface area contributed by atoms with Crippen molar-refractivity contribution in [2.24, 2.45) is 0 Å². The van der Waals surface area contributed by atoms with Gasteiger partial charge in [0.1, 0.15) is 0 Å². The molecule has 0 unspecified atom stereocenters. The van der Waals surface area contributed by atoms with E-state index >= 15 is 0 Å². The molecule has 0 aliphatic rings. The van der Waals surface area contributed by atoms with E-state index in [1.54, 1.807) is 24.3 Å². The molecule has 0 aliphatic heterocycles. The first-order valence-electron chi connectivity index (χ1n) is 8.37. The predicted octanol–water partition coefficient (Wildman–Crippen LogP) is 2.24. The number of benzene rings is 1. The molecule has 0 saturated heterocycles. The highest BCUT2D eigenvalue weighted by Crippen LogP contribution is 2.28. The van der Waals surface area contributed by atoms with Crippen LogP contribution in [-0.4, -0.2) is 41.9 Å². The van der Waals surface area contributed by atoms with Gasteiger partial charge < -0.3 is 19.5 Å². The number of ether oxygens (including phenoxy) is 3. The quantitative estimate of drug-likeness (QED) is 0.664. The Balaban J connectivity index is 1.86. The number of anilines is 1. The van der Waals surface area contributed by atoms with Crippen molar-refractivity contribution in [1.82, 2.24) is 10.2 Å². The van der Waals surface area contributed by atoms with E-state index in [2.05, 4.69) is 15.5 Å². The van der Waals surface area contributed by atoms with E-state index in [0.717, 1.165) is 5.69 Å². The predicted molar refractivity (Wildman–Crippen MR) is 95.4 cm³/mol. The maximum absolute atomic E-state index is 12.0. The molecule has 2 aromatic rings. The normalized spacial score (nSPS) is 10.3. The molecule has 8 nitrogen and oxygen atoms in total. The average molecular weight is 361 g/mol. The van der Waals surface area contributed by atoms with E-state index in [1.165, 1.54) is 0 Å². The van der Waals surface area contributed by atoms with Crippen LogP contribution < -0.4 is 14.8 Å². The lowest BCUT2D eigenvalue weighted by atomic mass is 10.1. The Hall–Kier alpha value is -3.03. The zero-order valence-corrected chi connectivity index (χ0v) is 15.1. The fourth-order valence-corrected chi connectivity index (χ4v) is 2.23. The SMILES string of the molecule is CCOc1ccc(CC(=O)OCC(=O)Nc2cc(C)[nH]n2)cc1OCC. The number of nitrogens with one attached hydrogen (secondary N) is 2. The monoisotopic (exact) mass is 361 g/mol. The molecule has 2 rings (SSSR count). The summed E-state index contributed by atoms with van der Waals surface area (Å²) in [6.45, 7) is 6.20. The second-order valence-electron chi connectivity index (χ2n) is 5.47. The highest BCUT2D eigenvalue weighted by Gasteiger charge is 2.12. The molecule has 1 amide bonds. The first-order valence-corrected chi connectivity index (χ1v) is 8.37. The molecule has 0 saturated carbocycles. The number of H-pyrrole nitrogens is 1. The standard InChI is InChI=1S/C18H23N3O5/c1-4-24-14-7-6-13(9-15(14)25-5-2)10-18(23)26-11-17(22)19-16-8-12(3)20-21-16/h6-9H,4-5,10-11H2,1-3H3,(H2,19,20,21,22). The van der Waals surface area contributed by atoms with Crippen LogP contribution in [0.4, 0.5) is 5.82 Å². The molecule has 2 N–H and O–H groups in total. The summed E-state index contributed by atoms with van der Waals surface area (Å²) in [5, 5.41) is 9.12. The first-order chi connectivity index (χ1) is 12.5. The van der Waals surface area contributed by atoms with Crippen LogP contribution in [0.25, 0.3) is 0 Å². The second kappa shape index (κ2) is 9.45. The van der Waals surface area contributed by atoms with Gasteiger partial charge >= 0.3 is 5.97 Å². The number of hydrogen-bond acceptors (Lipinski definition) is 6. The highest BCUT2D eigenvalue weighted by atomic mass is 16.5. The van der Waals surface area contributed by atoms with E-state index in [9.17, 15) is 9.59 Å². The number of aromatic amines is 1. The van der Waals surface area contributed by atoms with Gasteiger partial charge in [0, 0.05) is 11.8 Å². The van der Waals surface area contributed by atoms with Gasteiger partial charge in [-0.05, 0) is 38.5 Å². The van der Waals surface area contributed by atoms with E-state index in [-0.39, 0.29) is 13.0 Å². The van der Waals surface area contributed by atoms with Gasteiger partial charge in [-0.25, -0.2) is 0 Å². The minimum atomic E-state index is -0.509. The summed E-state index contributed by atoms with van der Waals surface area (Å²) < 4.78 is 16.0. The summed E-state index contributed by atoms with van der Waals surface area (Å²) in [6, 6.07) is 6.93. The molecule has 0 bridgehead atoms. The molecule has 1 aromatic carbocycles. The summed E-state index contributed by atoms with van der Waals surface area (Å²) in [5.74, 6) is 0.624. The van der Waals surface area contributed by atoms with Gasteiger partial charge in [-0.1, -0.05) is 6.07 Å². The zero-order chi connectivity index (χ0) is 18.9. The molecule has 1 aromatic heterocycles. The van der Waals surface area contributed by atoms with Crippen molar-refractivity contribution >= 4 is 17.7 Å². The lowest BCUT2D eigenvalue weighted by molar-refractivity contribution is -0.146. The molecule has 0 radical (unpaired) electrons. The summed E-state index contributed by atoms with van der Waals surface area (Å²) in [7, 11) is 0. The van der Waals surface area contributed by atoms with Gasteiger partial charge in [-0.3, -0.25) is 14.7 Å². The summed E-state index contributed by atoms with van der Waals surface area (Å²) in [5.41, 5.74) is 1.53. The van der Waals surface area contributed by atoms with E-state index < -0.39 is 11.9 Å². The molecule has 26 heavy (non-hydrogen) atoms. The van der Waals surface area contributed by atoms with Crippen LogP contribution in [0.15, 0.2) is 24.3 Å². The summed E-state index contributed by atoms with van der Waals surface area (Å²) in [4.78, 5) is 23.7. The van der Waals surface area contributed by atoms with Crippen molar-refractivity contribution in [3.63, 3.8) is 0 Å². The molecule has 0 atom stereocenters. The van der Waals surface area contributed by atoms with E-state index in [4.69, 9.17) is 14.2 Å². The molecule has 0 aliphatic carbocycles. The zero-order valence-electron chi connectivity index (χ0n) is 15.1. The third-order valence-corrected chi connectivity index (χ3v) is 3.29. The largest absolute Gasteiger partial charge is 0.490 e. The Morgan fingerprint density at radius 2 is 1.85 bits per heavy atom. The minimum absolute atomic E-state index is 0.0290. The number of aromatic nitrogens is 2. The molecular formula is C18H23N3O5. The van der Waals surface area contributed by atoms with Crippen molar-refractivity contribution < 1.29 is 23.8 Å². The maximum atomic E-state index is 12.0. The van der Waals surface area contributed by atoms with Crippen LogP contribution in [0, 0.1) is 6.92 Å². The third-order valence-electron chi connectivity index (χ3n) is 3.29. The topological polar surface area (TPSA) is 103 Å². The van der Waals surface area contributed by atoms with Crippen molar-refractivity contribution in [2.75, 3.05) is 25.1 Å². The van der Waals surface area contributed by atoms with Gasteiger partial charge in [-0.15, -0.1) is 0 Å². The Morgan fingerprint density at radius 3 is 2.50 bits per heavy atom. The van der Waals surface area contributed by atoms with Crippen molar-refractivity contribution in [3.05, 3.63) is 35.5 Å². The first kappa shape index (κ1) is 19.3. The van der Waals surface area contributed by atoms with Gasteiger partial charge in [0.05, 0.1) is 19.6 Å². The van der Waals surface area contributed by atoms with Crippen LogP contribution in [0.3, 0.4) is 0 Å². The highest BCUT2D eigenvalue weighted by molar-refractivity contribution is 5.92. The number of amides is 1. The second-order valence-corrected chi connectivity index (χ2v) is 5.47. The molecule has 140 valence electrons. The molecule has 8 heteroatoms. The van der Waals surface area contributed by atoms with Crippen LogP contribution in [-0.2, 0) is 20.7 Å². The Bertz CT molecular complexity index is 757. The van der Waals surface area contributed by atoms with Crippen LogP contribution in [0.2, 0.25) is 0 Å². The number of esters is 1. The van der Waals surface area contributed by atoms with Gasteiger partial charge in [0.15, 0.2) is 23.9 Å². The fourth-order valence-electron chi connectivity index (χ4n) is 2.23. The summed E-state index contributed by atoms with van der Waals surface area (Å²) >= 11 is 0. The number of carbonyl (C=O) groups is 2. The lowest BCUT2D eigenvalue weighted by Crippen LogP contribution is -2.21. The molecular weight excluding hydrogens is 338 g/mol. The van der Waals surface area contributed by atoms with Gasteiger partial charge in [0.25, 0.3) is 5.91 Å². The number of aryl methyl sites for hydroxylation is 1. The van der Waals surface area contributed by atoms with E-state index in [1.807, 2.05) is 20.8 Å². The number of carbonyl (C=O) groups excluding carboxylic acids is 2. The average Bonchev–Trinajstić information content (AvgIpc) is 3.00. The van der Waals surface area contributed by atoms with Crippen molar-refractivity contribution in [2.45, 2.75) is 27.2 Å². The van der Waals surface area contributed by atoms with Crippen molar-refractivity contribution in [1.29, 1.82) is 0 Å². The molecule has 1 heterocycles. The Kier molecular flexibility index (Phi) is 7.02. The van der Waals surface area contributed by atoms with Crippen LogP contribution in [0.5, 0.6) is 11.5 Å². The number of nitrogens with zero attached hydrogens (tertiary/aromatic N) is 1. The number of rotatable bonds is 9. The number of hydrogen-bond donors (Lipinski definition) is 2. The maximum Gasteiger partial charge on any atom is 0.310 e. The smallest absolute Gasteiger partial charge is 0.310 e. The third kappa shape index (κ3) is 5.80. The van der Waals surface area contributed by atoms with Gasteiger partial charge in [0.2, 0.25) is 0 Å². The van der Waals surface area contributed by atoms with Crippen LogP contribution >= 0.6 is 0 Å². The molecule has 0 spiro atoms. The molecule has 0 fully saturated rings. The van der Waals surface area contributed by atoms with Gasteiger partial charge in [-0.2, -0.15) is 5.10 Å². The lowest BCUT2D eigenvalue weighted by Gasteiger charge is -2.12. The Morgan fingerprint density at radius 1 is 1.12 bits per heavy atom. The van der Waals surface area contributed by atoms with Crippen LogP contribution in [0.1, 0.15) is 25.1 Å². The Labute approximate surface area is 151 Å². The van der Waals surface area contributed by atoms with E-state index in [0.29, 0.717) is 36.1 Å². The fraction of sp³-hybridized carbons (Fsp3) is 0.389. The van der Waals surface area contributed by atoms with Crippen molar-refractivity contribution in [3.8, 4) is 11.5 Å².